The molecule has 106 valence electrons. The summed E-state index contributed by atoms with van der Waals surface area (Å²) in [6.07, 6.45) is 1.77. The van der Waals surface area contributed by atoms with Crippen molar-refractivity contribution in [3.63, 3.8) is 0 Å². The zero-order valence-electron chi connectivity index (χ0n) is 12.1. The largest absolute Gasteiger partial charge is 0.359 e. The van der Waals surface area contributed by atoms with Crippen LogP contribution in [0.25, 0.3) is 0 Å². The maximum Gasteiger partial charge on any atom is 0.232 e. The van der Waals surface area contributed by atoms with Crippen LogP contribution in [0.15, 0.2) is 34.9 Å². The van der Waals surface area contributed by atoms with E-state index in [4.69, 9.17) is 4.52 Å². The molecule has 1 aromatic heterocycles. The molecule has 0 bridgehead atoms. The van der Waals surface area contributed by atoms with E-state index in [-0.39, 0.29) is 11.8 Å². The maximum atomic E-state index is 12.5. The van der Waals surface area contributed by atoms with Crippen LogP contribution in [0.4, 0.5) is 5.69 Å². The molecule has 2 rings (SSSR count). The van der Waals surface area contributed by atoms with E-state index in [0.29, 0.717) is 17.1 Å². The molecule has 0 saturated heterocycles. The Morgan fingerprint density at radius 2 is 2.00 bits per heavy atom. The van der Waals surface area contributed by atoms with Crippen LogP contribution in [-0.4, -0.2) is 11.1 Å². The average molecular weight is 272 g/mol. The highest BCUT2D eigenvalue weighted by molar-refractivity contribution is 5.96. The monoisotopic (exact) mass is 272 g/mol. The van der Waals surface area contributed by atoms with E-state index in [1.165, 1.54) is 0 Å². The molecule has 0 aliphatic rings. The number of benzene rings is 1. The van der Waals surface area contributed by atoms with Gasteiger partial charge in [-0.1, -0.05) is 48.8 Å². The Morgan fingerprint density at radius 3 is 2.55 bits per heavy atom. The molecule has 2 aromatic rings. The first kappa shape index (κ1) is 14.3. The van der Waals surface area contributed by atoms with Gasteiger partial charge in [-0.25, -0.2) is 0 Å². The number of nitrogens with zero attached hydrogens (tertiary/aromatic N) is 1. The minimum atomic E-state index is -0.144. The zero-order chi connectivity index (χ0) is 14.5. The topological polar surface area (TPSA) is 55.1 Å². The Morgan fingerprint density at radius 1 is 1.30 bits per heavy atom. The number of carbonyl (C=O) groups is 1. The van der Waals surface area contributed by atoms with E-state index in [1.807, 2.05) is 37.3 Å². The van der Waals surface area contributed by atoms with Gasteiger partial charge in [0, 0.05) is 0 Å². The molecule has 1 aromatic carbocycles. The van der Waals surface area contributed by atoms with E-state index in [0.717, 1.165) is 18.4 Å². The van der Waals surface area contributed by atoms with Crippen molar-refractivity contribution in [2.45, 2.75) is 39.5 Å². The molecule has 0 radical (unpaired) electrons. The first-order valence-electron chi connectivity index (χ1n) is 6.92. The molecule has 1 atom stereocenters. The smallest absolute Gasteiger partial charge is 0.232 e. The van der Waals surface area contributed by atoms with E-state index in [9.17, 15) is 4.79 Å². The molecular weight excluding hydrogens is 252 g/mol. The third kappa shape index (κ3) is 3.07. The van der Waals surface area contributed by atoms with Gasteiger partial charge in [-0.15, -0.1) is 0 Å². The Labute approximate surface area is 119 Å². The number of aromatic nitrogens is 1. The van der Waals surface area contributed by atoms with Gasteiger partial charge in [-0.2, -0.15) is 0 Å². The fourth-order valence-electron chi connectivity index (χ4n) is 2.29. The molecule has 1 N–H and O–H groups in total. The Bertz CT molecular complexity index is 556. The van der Waals surface area contributed by atoms with E-state index < -0.39 is 0 Å². The average Bonchev–Trinajstić information content (AvgIpc) is 2.77. The van der Waals surface area contributed by atoms with Crippen LogP contribution in [0.2, 0.25) is 0 Å². The molecule has 0 fully saturated rings. The predicted octanol–water partition coefficient (Wildman–Crippen LogP) is 3.81. The standard InChI is InChI=1S/C16H20N2O2/c1-4-8-14(13-9-6-5-7-10-13)16(19)17-15-11(2)18-20-12(15)3/h5-7,9-10,14H,4,8H2,1-3H3,(H,17,19). The molecular formula is C16H20N2O2. The van der Waals surface area contributed by atoms with Gasteiger partial charge in [0.2, 0.25) is 5.91 Å². The van der Waals surface area contributed by atoms with Crippen molar-refractivity contribution in [1.82, 2.24) is 5.16 Å². The second-order valence-electron chi connectivity index (χ2n) is 4.94. The first-order valence-corrected chi connectivity index (χ1v) is 6.92. The molecule has 1 amide bonds. The number of aryl methyl sites for hydroxylation is 2. The van der Waals surface area contributed by atoms with Gasteiger partial charge < -0.3 is 9.84 Å². The molecule has 0 aliphatic heterocycles. The van der Waals surface area contributed by atoms with E-state index in [2.05, 4.69) is 17.4 Å². The van der Waals surface area contributed by atoms with Gasteiger partial charge in [0.15, 0.2) is 5.76 Å². The number of amides is 1. The van der Waals surface area contributed by atoms with Crippen molar-refractivity contribution in [2.24, 2.45) is 0 Å². The highest BCUT2D eigenvalue weighted by atomic mass is 16.5. The van der Waals surface area contributed by atoms with Crippen molar-refractivity contribution >= 4 is 11.6 Å². The van der Waals surface area contributed by atoms with Crippen molar-refractivity contribution in [1.29, 1.82) is 0 Å². The van der Waals surface area contributed by atoms with Crippen LogP contribution in [-0.2, 0) is 4.79 Å². The van der Waals surface area contributed by atoms with Crippen molar-refractivity contribution < 1.29 is 9.32 Å². The molecule has 4 nitrogen and oxygen atoms in total. The van der Waals surface area contributed by atoms with Gasteiger partial charge in [0.05, 0.1) is 5.92 Å². The first-order chi connectivity index (χ1) is 9.63. The molecule has 1 unspecified atom stereocenters. The van der Waals surface area contributed by atoms with Crippen LogP contribution < -0.4 is 5.32 Å². The lowest BCUT2D eigenvalue weighted by molar-refractivity contribution is -0.117. The lowest BCUT2D eigenvalue weighted by atomic mass is 9.93. The van der Waals surface area contributed by atoms with Crippen LogP contribution in [0.5, 0.6) is 0 Å². The number of carbonyl (C=O) groups excluding carboxylic acids is 1. The van der Waals surface area contributed by atoms with Crippen LogP contribution in [0, 0.1) is 13.8 Å². The van der Waals surface area contributed by atoms with Gasteiger partial charge in [0.25, 0.3) is 0 Å². The summed E-state index contributed by atoms with van der Waals surface area (Å²) < 4.78 is 5.08. The van der Waals surface area contributed by atoms with Crippen LogP contribution >= 0.6 is 0 Å². The molecule has 20 heavy (non-hydrogen) atoms. The quantitative estimate of drug-likeness (QED) is 0.900. The molecule has 1 heterocycles. The van der Waals surface area contributed by atoms with Crippen LogP contribution in [0.3, 0.4) is 0 Å². The Balaban J connectivity index is 2.20. The number of hydrogen-bond donors (Lipinski definition) is 1. The van der Waals surface area contributed by atoms with Crippen molar-refractivity contribution in [3.8, 4) is 0 Å². The van der Waals surface area contributed by atoms with Gasteiger partial charge in [-0.05, 0) is 25.8 Å². The molecule has 0 saturated carbocycles. The number of rotatable bonds is 5. The number of hydrogen-bond acceptors (Lipinski definition) is 3. The van der Waals surface area contributed by atoms with Gasteiger partial charge in [-0.3, -0.25) is 4.79 Å². The SMILES string of the molecule is CCCC(C(=O)Nc1c(C)noc1C)c1ccccc1. The third-order valence-electron chi connectivity index (χ3n) is 3.38. The molecule has 0 spiro atoms. The van der Waals surface area contributed by atoms with Gasteiger partial charge >= 0.3 is 0 Å². The fourth-order valence-corrected chi connectivity index (χ4v) is 2.29. The molecule has 0 aliphatic carbocycles. The summed E-state index contributed by atoms with van der Waals surface area (Å²) in [5.41, 5.74) is 2.44. The Hall–Kier alpha value is -2.10. The molecule has 4 heteroatoms. The lowest BCUT2D eigenvalue weighted by Crippen LogP contribution is -2.21. The summed E-state index contributed by atoms with van der Waals surface area (Å²) in [5, 5.41) is 6.80. The highest BCUT2D eigenvalue weighted by Gasteiger charge is 2.22. The summed E-state index contributed by atoms with van der Waals surface area (Å²) in [4.78, 5) is 12.5. The third-order valence-corrected chi connectivity index (χ3v) is 3.38. The minimum Gasteiger partial charge on any atom is -0.359 e. The van der Waals surface area contributed by atoms with E-state index >= 15 is 0 Å². The number of anilines is 1. The predicted molar refractivity (Wildman–Crippen MR) is 78.7 cm³/mol. The van der Waals surface area contributed by atoms with Crippen molar-refractivity contribution in [2.75, 3.05) is 5.32 Å². The summed E-state index contributed by atoms with van der Waals surface area (Å²) in [6.45, 7) is 5.70. The van der Waals surface area contributed by atoms with E-state index in [1.54, 1.807) is 6.92 Å². The zero-order valence-corrected chi connectivity index (χ0v) is 12.1. The van der Waals surface area contributed by atoms with Gasteiger partial charge in [0.1, 0.15) is 11.4 Å². The second kappa shape index (κ2) is 6.37. The maximum absolute atomic E-state index is 12.5. The summed E-state index contributed by atoms with van der Waals surface area (Å²) in [7, 11) is 0. The normalized spacial score (nSPS) is 12.2. The van der Waals surface area contributed by atoms with Crippen molar-refractivity contribution in [3.05, 3.63) is 47.3 Å². The number of nitrogens with one attached hydrogen (secondary N) is 1. The summed E-state index contributed by atoms with van der Waals surface area (Å²) in [5.74, 6) is 0.488. The summed E-state index contributed by atoms with van der Waals surface area (Å²) >= 11 is 0. The lowest BCUT2D eigenvalue weighted by Gasteiger charge is -2.16. The second-order valence-corrected chi connectivity index (χ2v) is 4.94. The summed E-state index contributed by atoms with van der Waals surface area (Å²) in [6, 6.07) is 9.86. The Kier molecular flexibility index (Phi) is 4.56. The highest BCUT2D eigenvalue weighted by Crippen LogP contribution is 2.25. The fraction of sp³-hybridized carbons (Fsp3) is 0.375. The minimum absolute atomic E-state index is 0.00699. The van der Waals surface area contributed by atoms with Crippen LogP contribution in [0.1, 0.15) is 42.7 Å².